The lowest BCUT2D eigenvalue weighted by atomic mass is 9.95. The fourth-order valence-electron chi connectivity index (χ4n) is 3.73. The molecule has 3 amide bonds. The number of benzene rings is 3. The fourth-order valence-corrected chi connectivity index (χ4v) is 3.73. The van der Waals surface area contributed by atoms with E-state index < -0.39 is 30.0 Å². The molecule has 2 atom stereocenters. The van der Waals surface area contributed by atoms with Gasteiger partial charge in [0.15, 0.2) is 6.10 Å². The van der Waals surface area contributed by atoms with Gasteiger partial charge in [-0.1, -0.05) is 42.5 Å². The molecule has 4 rings (SSSR count). The van der Waals surface area contributed by atoms with E-state index in [9.17, 15) is 18.8 Å². The van der Waals surface area contributed by atoms with Crippen molar-refractivity contribution in [2.75, 3.05) is 17.3 Å². The minimum atomic E-state index is -1.18. The molecule has 0 bridgehead atoms. The second-order valence-electron chi connectivity index (χ2n) is 7.62. The van der Waals surface area contributed by atoms with E-state index in [-0.39, 0.29) is 5.91 Å². The molecule has 1 aliphatic rings. The summed E-state index contributed by atoms with van der Waals surface area (Å²) < 4.78 is 18.2. The van der Waals surface area contributed by atoms with E-state index in [0.29, 0.717) is 11.3 Å². The molecule has 0 radical (unpaired) electrons. The van der Waals surface area contributed by atoms with Crippen molar-refractivity contribution >= 4 is 29.3 Å². The number of para-hydroxylation sites is 1. The lowest BCUT2D eigenvalue weighted by Gasteiger charge is -2.24. The van der Waals surface area contributed by atoms with Crippen LogP contribution in [0.25, 0.3) is 11.1 Å². The van der Waals surface area contributed by atoms with Gasteiger partial charge in [0.2, 0.25) is 0 Å². The zero-order chi connectivity index (χ0) is 23.5. The van der Waals surface area contributed by atoms with Crippen LogP contribution in [0.2, 0.25) is 0 Å². The van der Waals surface area contributed by atoms with E-state index in [1.165, 1.54) is 36.1 Å². The van der Waals surface area contributed by atoms with Gasteiger partial charge in [0.25, 0.3) is 11.8 Å². The van der Waals surface area contributed by atoms with Crippen LogP contribution in [0.1, 0.15) is 18.5 Å². The number of hydrogen-bond donors (Lipinski definition) is 2. The number of rotatable bonds is 4. The molecule has 7 nitrogen and oxygen atoms in total. The minimum Gasteiger partial charge on any atom is -0.436 e. The Kier molecular flexibility index (Phi) is 6.08. The van der Waals surface area contributed by atoms with Crippen LogP contribution in [-0.4, -0.2) is 31.1 Å². The molecular weight excluding hydrogens is 425 g/mol. The second kappa shape index (κ2) is 9.12. The van der Waals surface area contributed by atoms with Crippen LogP contribution in [0.3, 0.4) is 0 Å². The first-order valence-electron chi connectivity index (χ1n) is 10.3. The van der Waals surface area contributed by atoms with Gasteiger partial charge in [-0.15, -0.1) is 0 Å². The van der Waals surface area contributed by atoms with E-state index in [1.807, 2.05) is 36.4 Å². The third-order valence-corrected chi connectivity index (χ3v) is 5.44. The molecule has 0 saturated carbocycles. The van der Waals surface area contributed by atoms with Gasteiger partial charge < -0.3 is 15.0 Å². The van der Waals surface area contributed by atoms with Crippen LogP contribution in [0.5, 0.6) is 0 Å². The Labute approximate surface area is 190 Å². The first kappa shape index (κ1) is 22.0. The SMILES string of the molecule is C[C@H](OC(=O)Nc1ccc(F)cc1)C(=O)NC1C(=O)N(C)c2ccccc2-c2ccccc21. The molecule has 0 aliphatic carbocycles. The molecule has 8 heteroatoms. The van der Waals surface area contributed by atoms with Crippen LogP contribution >= 0.6 is 0 Å². The van der Waals surface area contributed by atoms with Crippen LogP contribution in [0.4, 0.5) is 20.6 Å². The van der Waals surface area contributed by atoms with Gasteiger partial charge in [-0.3, -0.25) is 14.9 Å². The lowest BCUT2D eigenvalue weighted by molar-refractivity contribution is -0.132. The van der Waals surface area contributed by atoms with Crippen molar-refractivity contribution in [3.05, 3.63) is 84.2 Å². The quantitative estimate of drug-likeness (QED) is 0.626. The van der Waals surface area contributed by atoms with Crippen LogP contribution < -0.4 is 15.5 Å². The van der Waals surface area contributed by atoms with Crippen molar-refractivity contribution in [3.63, 3.8) is 0 Å². The molecule has 1 heterocycles. The Bertz CT molecular complexity index is 1210. The third-order valence-electron chi connectivity index (χ3n) is 5.44. The Morgan fingerprint density at radius 1 is 0.970 bits per heavy atom. The van der Waals surface area contributed by atoms with Crippen molar-refractivity contribution in [3.8, 4) is 11.1 Å². The number of halogens is 1. The maximum Gasteiger partial charge on any atom is 0.412 e. The average molecular weight is 447 g/mol. The summed E-state index contributed by atoms with van der Waals surface area (Å²) in [7, 11) is 1.66. The highest BCUT2D eigenvalue weighted by atomic mass is 19.1. The van der Waals surface area contributed by atoms with Crippen molar-refractivity contribution in [1.29, 1.82) is 0 Å². The monoisotopic (exact) mass is 447 g/mol. The van der Waals surface area contributed by atoms with E-state index in [1.54, 1.807) is 19.2 Å². The molecule has 1 aliphatic heterocycles. The van der Waals surface area contributed by atoms with Gasteiger partial charge in [-0.2, -0.15) is 0 Å². The fraction of sp³-hybridized carbons (Fsp3) is 0.160. The molecule has 0 fully saturated rings. The van der Waals surface area contributed by atoms with Gasteiger partial charge in [0.05, 0.1) is 5.69 Å². The molecular formula is C25H22FN3O4. The van der Waals surface area contributed by atoms with Crippen LogP contribution in [0, 0.1) is 5.82 Å². The molecule has 2 N–H and O–H groups in total. The third kappa shape index (κ3) is 4.55. The number of anilines is 2. The summed E-state index contributed by atoms with van der Waals surface area (Å²) in [4.78, 5) is 39.8. The molecule has 1 unspecified atom stereocenters. The normalized spacial score (nSPS) is 15.5. The summed E-state index contributed by atoms with van der Waals surface area (Å²) >= 11 is 0. The Morgan fingerprint density at radius 2 is 1.61 bits per heavy atom. The van der Waals surface area contributed by atoms with Crippen molar-refractivity contribution in [2.45, 2.75) is 19.1 Å². The highest BCUT2D eigenvalue weighted by Gasteiger charge is 2.34. The standard InChI is InChI=1S/C25H22FN3O4/c1-15(33-25(32)27-17-13-11-16(26)12-14-17)23(30)28-22-20-9-4-3-7-18(20)19-8-5-6-10-21(19)29(2)24(22)31/h3-15,22H,1-2H3,(H,27,32)(H,28,30)/t15-,22?/m0/s1. The molecule has 0 spiro atoms. The van der Waals surface area contributed by atoms with Crippen molar-refractivity contribution in [1.82, 2.24) is 5.32 Å². The van der Waals surface area contributed by atoms with E-state index >= 15 is 0 Å². The number of hydrogen-bond acceptors (Lipinski definition) is 4. The van der Waals surface area contributed by atoms with Crippen molar-refractivity contribution < 1.29 is 23.5 Å². The second-order valence-corrected chi connectivity index (χ2v) is 7.62. The van der Waals surface area contributed by atoms with Gasteiger partial charge in [-0.05, 0) is 48.4 Å². The Morgan fingerprint density at radius 3 is 2.33 bits per heavy atom. The Hall–Kier alpha value is -4.20. The van der Waals surface area contributed by atoms with Gasteiger partial charge in [0.1, 0.15) is 11.9 Å². The van der Waals surface area contributed by atoms with E-state index in [2.05, 4.69) is 10.6 Å². The smallest absolute Gasteiger partial charge is 0.412 e. The Balaban J connectivity index is 1.51. The number of nitrogens with one attached hydrogen (secondary N) is 2. The van der Waals surface area contributed by atoms with Gasteiger partial charge >= 0.3 is 6.09 Å². The zero-order valence-corrected chi connectivity index (χ0v) is 18.0. The first-order valence-corrected chi connectivity index (χ1v) is 10.3. The summed E-state index contributed by atoms with van der Waals surface area (Å²) in [6, 6.07) is 19.0. The largest absolute Gasteiger partial charge is 0.436 e. The summed E-state index contributed by atoms with van der Waals surface area (Å²) in [5.41, 5.74) is 3.41. The summed E-state index contributed by atoms with van der Waals surface area (Å²) in [5.74, 6) is -1.39. The first-order chi connectivity index (χ1) is 15.8. The summed E-state index contributed by atoms with van der Waals surface area (Å²) in [6.07, 6.45) is -2.05. The lowest BCUT2D eigenvalue weighted by Crippen LogP contribution is -2.45. The zero-order valence-electron chi connectivity index (χ0n) is 18.0. The molecule has 0 saturated heterocycles. The maximum absolute atomic E-state index is 13.3. The van der Waals surface area contributed by atoms with E-state index in [0.717, 1.165) is 16.8 Å². The number of amides is 3. The van der Waals surface area contributed by atoms with E-state index in [4.69, 9.17) is 4.74 Å². The topological polar surface area (TPSA) is 87.7 Å². The van der Waals surface area contributed by atoms with Crippen LogP contribution in [0.15, 0.2) is 72.8 Å². The summed E-state index contributed by atoms with van der Waals surface area (Å²) in [5, 5.41) is 5.15. The number of carbonyl (C=O) groups excluding carboxylic acids is 3. The predicted molar refractivity (Wildman–Crippen MR) is 122 cm³/mol. The van der Waals surface area contributed by atoms with Gasteiger partial charge in [0, 0.05) is 18.3 Å². The molecule has 3 aromatic rings. The average Bonchev–Trinajstić information content (AvgIpc) is 2.90. The minimum absolute atomic E-state index is 0.316. The number of likely N-dealkylation sites (N-methyl/N-ethyl adjacent to an activating group) is 1. The van der Waals surface area contributed by atoms with Crippen LogP contribution in [-0.2, 0) is 14.3 Å². The predicted octanol–water partition coefficient (Wildman–Crippen LogP) is 4.26. The molecule has 33 heavy (non-hydrogen) atoms. The molecule has 0 aromatic heterocycles. The maximum atomic E-state index is 13.3. The number of nitrogens with zero attached hydrogens (tertiary/aromatic N) is 1. The number of fused-ring (bicyclic) bond motifs is 3. The molecule has 168 valence electrons. The number of carbonyl (C=O) groups is 3. The molecule has 3 aromatic carbocycles. The number of ether oxygens (including phenoxy) is 1. The highest BCUT2D eigenvalue weighted by molar-refractivity contribution is 6.06. The highest BCUT2D eigenvalue weighted by Crippen LogP contribution is 2.39. The summed E-state index contributed by atoms with van der Waals surface area (Å²) in [6.45, 7) is 1.41. The van der Waals surface area contributed by atoms with Crippen molar-refractivity contribution in [2.24, 2.45) is 0 Å². The van der Waals surface area contributed by atoms with Gasteiger partial charge in [-0.25, -0.2) is 9.18 Å².